The number of hydrogen-bond acceptors (Lipinski definition) is 4. The summed E-state index contributed by atoms with van der Waals surface area (Å²) in [4.78, 5) is 11.4. The van der Waals surface area contributed by atoms with Crippen LogP contribution in [0.3, 0.4) is 0 Å². The van der Waals surface area contributed by atoms with Crippen LogP contribution in [0.4, 0.5) is 5.69 Å². The van der Waals surface area contributed by atoms with Gasteiger partial charge in [0.2, 0.25) is 0 Å². The number of benzene rings is 2. The van der Waals surface area contributed by atoms with Crippen molar-refractivity contribution in [3.8, 4) is 5.75 Å². The molecule has 0 aliphatic rings. The molecule has 0 aliphatic carbocycles. The van der Waals surface area contributed by atoms with Crippen molar-refractivity contribution in [1.82, 2.24) is 0 Å². The highest BCUT2D eigenvalue weighted by Gasteiger charge is 2.15. The minimum Gasteiger partial charge on any atom is -0.494 e. The standard InChI is InChI=1S/C16H17NO4S/c1-3-21-15-9-7-14(8-10-15)17-22(19,20)16-6-4-5-13(11-16)12(2)18/h4-11,17H,3H2,1-2H3. The van der Waals surface area contributed by atoms with E-state index in [1.165, 1.54) is 19.1 Å². The fraction of sp³-hybridized carbons (Fsp3) is 0.188. The third-order valence-corrected chi connectivity index (χ3v) is 4.35. The normalized spacial score (nSPS) is 11.0. The predicted molar refractivity (Wildman–Crippen MR) is 84.9 cm³/mol. The van der Waals surface area contributed by atoms with Crippen LogP contribution in [-0.2, 0) is 10.0 Å². The third kappa shape index (κ3) is 3.85. The molecule has 0 atom stereocenters. The van der Waals surface area contributed by atoms with E-state index in [0.717, 1.165) is 0 Å². The molecule has 0 aliphatic heterocycles. The van der Waals surface area contributed by atoms with Crippen LogP contribution in [0.1, 0.15) is 24.2 Å². The molecular weight excluding hydrogens is 302 g/mol. The second-order valence-corrected chi connectivity index (χ2v) is 6.33. The smallest absolute Gasteiger partial charge is 0.261 e. The Labute approximate surface area is 130 Å². The minimum absolute atomic E-state index is 0.0501. The second-order valence-electron chi connectivity index (χ2n) is 4.65. The Kier molecular flexibility index (Phi) is 4.82. The van der Waals surface area contributed by atoms with E-state index >= 15 is 0 Å². The van der Waals surface area contributed by atoms with Crippen molar-refractivity contribution < 1.29 is 17.9 Å². The molecule has 2 aromatic rings. The van der Waals surface area contributed by atoms with Gasteiger partial charge in [-0.05, 0) is 50.2 Å². The summed E-state index contributed by atoms with van der Waals surface area (Å²) >= 11 is 0. The lowest BCUT2D eigenvalue weighted by atomic mass is 10.2. The number of ether oxygens (including phenoxy) is 1. The molecule has 0 saturated carbocycles. The summed E-state index contributed by atoms with van der Waals surface area (Å²) in [5.74, 6) is 0.488. The molecule has 0 amide bonds. The molecule has 2 aromatic carbocycles. The average Bonchev–Trinajstić information content (AvgIpc) is 2.49. The molecule has 0 bridgehead atoms. The van der Waals surface area contributed by atoms with Crippen molar-refractivity contribution in [2.24, 2.45) is 0 Å². The van der Waals surface area contributed by atoms with Crippen LogP contribution < -0.4 is 9.46 Å². The van der Waals surface area contributed by atoms with E-state index in [0.29, 0.717) is 23.6 Å². The first kappa shape index (κ1) is 16.0. The molecule has 2 rings (SSSR count). The highest BCUT2D eigenvalue weighted by Crippen LogP contribution is 2.20. The zero-order valence-electron chi connectivity index (χ0n) is 12.4. The van der Waals surface area contributed by atoms with E-state index in [1.807, 2.05) is 6.92 Å². The van der Waals surface area contributed by atoms with Crippen molar-refractivity contribution in [3.63, 3.8) is 0 Å². The van der Waals surface area contributed by atoms with Gasteiger partial charge < -0.3 is 4.74 Å². The lowest BCUT2D eigenvalue weighted by Crippen LogP contribution is -2.13. The topological polar surface area (TPSA) is 72.5 Å². The van der Waals surface area contributed by atoms with Gasteiger partial charge in [-0.25, -0.2) is 8.42 Å². The maximum atomic E-state index is 12.3. The van der Waals surface area contributed by atoms with Crippen molar-refractivity contribution in [3.05, 3.63) is 54.1 Å². The maximum absolute atomic E-state index is 12.3. The molecule has 0 heterocycles. The lowest BCUT2D eigenvalue weighted by molar-refractivity contribution is 0.101. The maximum Gasteiger partial charge on any atom is 0.261 e. The largest absolute Gasteiger partial charge is 0.494 e. The van der Waals surface area contributed by atoms with Gasteiger partial charge in [0, 0.05) is 11.3 Å². The van der Waals surface area contributed by atoms with Gasteiger partial charge in [0.25, 0.3) is 10.0 Å². The second kappa shape index (κ2) is 6.62. The number of anilines is 1. The first-order chi connectivity index (χ1) is 10.4. The van der Waals surface area contributed by atoms with Crippen LogP contribution in [-0.4, -0.2) is 20.8 Å². The number of carbonyl (C=O) groups excluding carboxylic acids is 1. The van der Waals surface area contributed by atoms with Gasteiger partial charge in [0.05, 0.1) is 11.5 Å². The number of Topliss-reactive ketones (excluding diaryl/α,β-unsaturated/α-hetero) is 1. The number of sulfonamides is 1. The van der Waals surface area contributed by atoms with Crippen molar-refractivity contribution in [2.75, 3.05) is 11.3 Å². The molecule has 0 fully saturated rings. The first-order valence-electron chi connectivity index (χ1n) is 6.79. The third-order valence-electron chi connectivity index (χ3n) is 2.97. The number of ketones is 1. The summed E-state index contributed by atoms with van der Waals surface area (Å²) in [7, 11) is -3.74. The fourth-order valence-corrected chi connectivity index (χ4v) is 2.99. The lowest BCUT2D eigenvalue weighted by Gasteiger charge is -2.10. The van der Waals surface area contributed by atoms with E-state index in [2.05, 4.69) is 4.72 Å². The van der Waals surface area contributed by atoms with Crippen LogP contribution in [0, 0.1) is 0 Å². The monoisotopic (exact) mass is 319 g/mol. The summed E-state index contributed by atoms with van der Waals surface area (Å²) in [6.07, 6.45) is 0. The Hall–Kier alpha value is -2.34. The minimum atomic E-state index is -3.74. The Bertz CT molecular complexity index is 767. The zero-order chi connectivity index (χ0) is 16.2. The number of hydrogen-bond donors (Lipinski definition) is 1. The number of carbonyl (C=O) groups is 1. The number of rotatable bonds is 6. The van der Waals surface area contributed by atoms with Crippen LogP contribution in [0.5, 0.6) is 5.75 Å². The Morgan fingerprint density at radius 1 is 1.14 bits per heavy atom. The summed E-state index contributed by atoms with van der Waals surface area (Å²) in [5, 5.41) is 0. The molecule has 116 valence electrons. The van der Waals surface area contributed by atoms with Crippen LogP contribution in [0.25, 0.3) is 0 Å². The number of nitrogens with one attached hydrogen (secondary N) is 1. The Morgan fingerprint density at radius 3 is 2.41 bits per heavy atom. The molecule has 5 nitrogen and oxygen atoms in total. The Morgan fingerprint density at radius 2 is 1.82 bits per heavy atom. The van der Waals surface area contributed by atoms with Gasteiger partial charge in [0.15, 0.2) is 5.78 Å². The van der Waals surface area contributed by atoms with E-state index in [4.69, 9.17) is 4.74 Å². The quantitative estimate of drug-likeness (QED) is 0.830. The summed E-state index contributed by atoms with van der Waals surface area (Å²) < 4.78 is 32.4. The molecule has 0 radical (unpaired) electrons. The molecule has 1 N–H and O–H groups in total. The fourth-order valence-electron chi connectivity index (χ4n) is 1.88. The van der Waals surface area contributed by atoms with Crippen LogP contribution >= 0.6 is 0 Å². The van der Waals surface area contributed by atoms with Crippen LogP contribution in [0.2, 0.25) is 0 Å². The van der Waals surface area contributed by atoms with Crippen molar-refractivity contribution in [1.29, 1.82) is 0 Å². The molecule has 0 unspecified atom stereocenters. The first-order valence-corrected chi connectivity index (χ1v) is 8.27. The summed E-state index contributed by atoms with van der Waals surface area (Å²) in [6.45, 7) is 3.81. The van der Waals surface area contributed by atoms with Gasteiger partial charge >= 0.3 is 0 Å². The molecular formula is C16H17NO4S. The van der Waals surface area contributed by atoms with Gasteiger partial charge in [-0.1, -0.05) is 12.1 Å². The predicted octanol–water partition coefficient (Wildman–Crippen LogP) is 3.09. The van der Waals surface area contributed by atoms with Gasteiger partial charge in [-0.15, -0.1) is 0 Å². The van der Waals surface area contributed by atoms with Gasteiger partial charge in [0.1, 0.15) is 5.75 Å². The molecule has 0 spiro atoms. The molecule has 22 heavy (non-hydrogen) atoms. The van der Waals surface area contributed by atoms with E-state index in [-0.39, 0.29) is 10.7 Å². The SMILES string of the molecule is CCOc1ccc(NS(=O)(=O)c2cccc(C(C)=O)c2)cc1. The highest BCUT2D eigenvalue weighted by molar-refractivity contribution is 7.92. The van der Waals surface area contributed by atoms with Crippen LogP contribution in [0.15, 0.2) is 53.4 Å². The van der Waals surface area contributed by atoms with Crippen molar-refractivity contribution >= 4 is 21.5 Å². The zero-order valence-corrected chi connectivity index (χ0v) is 13.2. The summed E-state index contributed by atoms with van der Waals surface area (Å²) in [6, 6.07) is 12.6. The summed E-state index contributed by atoms with van der Waals surface area (Å²) in [5.41, 5.74) is 0.784. The Balaban J connectivity index is 2.23. The van der Waals surface area contributed by atoms with Crippen molar-refractivity contribution in [2.45, 2.75) is 18.7 Å². The van der Waals surface area contributed by atoms with Gasteiger partial charge in [-0.3, -0.25) is 9.52 Å². The molecule has 0 aromatic heterocycles. The molecule has 6 heteroatoms. The molecule has 0 saturated heterocycles. The van der Waals surface area contributed by atoms with E-state index in [9.17, 15) is 13.2 Å². The van der Waals surface area contributed by atoms with E-state index < -0.39 is 10.0 Å². The highest BCUT2D eigenvalue weighted by atomic mass is 32.2. The average molecular weight is 319 g/mol. The van der Waals surface area contributed by atoms with Gasteiger partial charge in [-0.2, -0.15) is 0 Å². The van der Waals surface area contributed by atoms with E-state index in [1.54, 1.807) is 36.4 Å².